The van der Waals surface area contributed by atoms with Crippen LogP contribution in [0.1, 0.15) is 15.9 Å². The van der Waals surface area contributed by atoms with Crippen LogP contribution in [-0.4, -0.2) is 38.3 Å². The third-order valence-corrected chi connectivity index (χ3v) is 3.75. The van der Waals surface area contributed by atoms with Gasteiger partial charge in [0.2, 0.25) is 5.75 Å². The first-order valence-electron chi connectivity index (χ1n) is 8.00. The van der Waals surface area contributed by atoms with E-state index in [1.54, 1.807) is 12.1 Å². The second-order valence-corrected chi connectivity index (χ2v) is 5.47. The van der Waals surface area contributed by atoms with Crippen molar-refractivity contribution in [3.8, 4) is 23.3 Å². The van der Waals surface area contributed by atoms with Crippen molar-refractivity contribution in [3.05, 3.63) is 53.1 Å². The Bertz CT molecular complexity index is 933. The average Bonchev–Trinajstić information content (AvgIpc) is 2.71. The van der Waals surface area contributed by atoms with Gasteiger partial charge < -0.3 is 24.6 Å². The lowest BCUT2D eigenvalue weighted by atomic mass is 10.1. The van der Waals surface area contributed by atoms with Gasteiger partial charge in [0.1, 0.15) is 11.6 Å². The molecule has 8 nitrogen and oxygen atoms in total. The Labute approximate surface area is 161 Å². The minimum Gasteiger partial charge on any atom is -0.493 e. The molecule has 1 amide bonds. The zero-order chi connectivity index (χ0) is 20.7. The van der Waals surface area contributed by atoms with Crippen LogP contribution in [0.4, 0.5) is 5.69 Å². The lowest BCUT2D eigenvalue weighted by Crippen LogP contribution is -2.13. The largest absolute Gasteiger partial charge is 0.493 e. The maximum absolute atomic E-state index is 12.4. The fourth-order valence-corrected chi connectivity index (χ4v) is 2.39. The van der Waals surface area contributed by atoms with Crippen molar-refractivity contribution in [3.63, 3.8) is 0 Å². The highest BCUT2D eigenvalue weighted by atomic mass is 16.5. The van der Waals surface area contributed by atoms with Gasteiger partial charge >= 0.3 is 5.97 Å². The summed E-state index contributed by atoms with van der Waals surface area (Å²) in [5, 5.41) is 20.8. The highest BCUT2D eigenvalue weighted by Gasteiger charge is 2.15. The zero-order valence-electron chi connectivity index (χ0n) is 15.5. The molecule has 28 heavy (non-hydrogen) atoms. The number of nitriles is 1. The molecule has 0 aliphatic heterocycles. The average molecular weight is 382 g/mol. The van der Waals surface area contributed by atoms with Crippen LogP contribution in [-0.2, 0) is 4.79 Å². The van der Waals surface area contributed by atoms with Crippen LogP contribution in [0.25, 0.3) is 6.08 Å². The molecule has 0 unspecified atom stereocenters. The highest BCUT2D eigenvalue weighted by molar-refractivity contribution is 6.09. The van der Waals surface area contributed by atoms with Gasteiger partial charge in [0.25, 0.3) is 5.91 Å². The standard InChI is InChI=1S/C20H18N2O6/c1-26-16-9-12(10-17(27-2)18(16)28-3)8-14(11-21)19(23)22-15-6-4-13(5-7-15)20(24)25/h4-10H,1-3H3,(H,22,23)(H,24,25)/b14-8+. The first-order valence-corrected chi connectivity index (χ1v) is 8.00. The van der Waals surface area contributed by atoms with E-state index in [2.05, 4.69) is 5.32 Å². The van der Waals surface area contributed by atoms with Gasteiger partial charge in [-0.25, -0.2) is 4.79 Å². The summed E-state index contributed by atoms with van der Waals surface area (Å²) < 4.78 is 15.8. The second kappa shape index (κ2) is 9.09. The van der Waals surface area contributed by atoms with E-state index in [-0.39, 0.29) is 11.1 Å². The van der Waals surface area contributed by atoms with Crippen LogP contribution >= 0.6 is 0 Å². The van der Waals surface area contributed by atoms with Crippen LogP contribution in [0.3, 0.4) is 0 Å². The minimum absolute atomic E-state index is 0.0893. The van der Waals surface area contributed by atoms with Crippen molar-refractivity contribution in [1.82, 2.24) is 0 Å². The minimum atomic E-state index is -1.07. The number of hydrogen-bond donors (Lipinski definition) is 2. The predicted molar refractivity (Wildman–Crippen MR) is 102 cm³/mol. The molecule has 0 saturated heterocycles. The lowest BCUT2D eigenvalue weighted by molar-refractivity contribution is -0.112. The topological polar surface area (TPSA) is 118 Å². The molecule has 0 radical (unpaired) electrons. The number of carbonyl (C=O) groups is 2. The molecular formula is C20H18N2O6. The quantitative estimate of drug-likeness (QED) is 0.558. The molecule has 8 heteroatoms. The van der Waals surface area contributed by atoms with Gasteiger partial charge in [-0.15, -0.1) is 0 Å². The van der Waals surface area contributed by atoms with Crippen LogP contribution in [0.5, 0.6) is 17.2 Å². The molecule has 2 rings (SSSR count). The van der Waals surface area contributed by atoms with Gasteiger partial charge in [0.05, 0.1) is 26.9 Å². The summed E-state index contributed by atoms with van der Waals surface area (Å²) >= 11 is 0. The number of ether oxygens (including phenoxy) is 3. The van der Waals surface area contributed by atoms with Gasteiger partial charge in [0.15, 0.2) is 11.5 Å². The van der Waals surface area contributed by atoms with Crippen molar-refractivity contribution in [2.75, 3.05) is 26.6 Å². The molecule has 0 spiro atoms. The summed E-state index contributed by atoms with van der Waals surface area (Å²) in [7, 11) is 4.40. The molecule has 2 aromatic carbocycles. The molecule has 0 atom stereocenters. The predicted octanol–water partition coefficient (Wildman–Crippen LogP) is 2.96. The SMILES string of the molecule is COc1cc(/C=C(\C#N)C(=O)Nc2ccc(C(=O)O)cc2)cc(OC)c1OC. The molecule has 0 aromatic heterocycles. The monoisotopic (exact) mass is 382 g/mol. The Kier molecular flexibility index (Phi) is 6.60. The summed E-state index contributed by atoms with van der Waals surface area (Å²) in [5.74, 6) is -0.550. The Hall–Kier alpha value is -3.99. The number of methoxy groups -OCH3 is 3. The highest BCUT2D eigenvalue weighted by Crippen LogP contribution is 2.38. The van der Waals surface area contributed by atoms with Crippen molar-refractivity contribution in [1.29, 1.82) is 5.26 Å². The van der Waals surface area contributed by atoms with E-state index in [1.165, 1.54) is 51.7 Å². The van der Waals surface area contributed by atoms with E-state index in [0.29, 0.717) is 28.5 Å². The van der Waals surface area contributed by atoms with Crippen LogP contribution in [0, 0.1) is 11.3 Å². The third-order valence-electron chi connectivity index (χ3n) is 3.75. The van der Waals surface area contributed by atoms with Gasteiger partial charge in [0, 0.05) is 5.69 Å². The molecule has 0 bridgehead atoms. The Morgan fingerprint density at radius 3 is 2.04 bits per heavy atom. The van der Waals surface area contributed by atoms with Gasteiger partial charge in [-0.05, 0) is 48.0 Å². The van der Waals surface area contributed by atoms with E-state index >= 15 is 0 Å². The molecule has 0 aliphatic carbocycles. The molecule has 2 aromatic rings. The van der Waals surface area contributed by atoms with Crippen molar-refractivity contribution >= 4 is 23.6 Å². The van der Waals surface area contributed by atoms with Gasteiger partial charge in [-0.3, -0.25) is 4.79 Å². The number of aromatic carboxylic acids is 1. The number of carbonyl (C=O) groups excluding carboxylic acids is 1. The van der Waals surface area contributed by atoms with E-state index < -0.39 is 11.9 Å². The number of amides is 1. The molecule has 0 heterocycles. The molecule has 0 aliphatic rings. The van der Waals surface area contributed by atoms with Gasteiger partial charge in [-0.1, -0.05) is 0 Å². The first-order chi connectivity index (χ1) is 13.4. The first kappa shape index (κ1) is 20.3. The Morgan fingerprint density at radius 1 is 1.04 bits per heavy atom. The molecular weight excluding hydrogens is 364 g/mol. The molecule has 0 fully saturated rings. The summed E-state index contributed by atoms with van der Waals surface area (Å²) in [5.41, 5.74) is 0.798. The van der Waals surface area contributed by atoms with Crippen LogP contribution < -0.4 is 19.5 Å². The Morgan fingerprint density at radius 2 is 1.61 bits per heavy atom. The second-order valence-electron chi connectivity index (χ2n) is 5.47. The summed E-state index contributed by atoms with van der Waals surface area (Å²) in [4.78, 5) is 23.3. The fourth-order valence-electron chi connectivity index (χ4n) is 2.39. The number of rotatable bonds is 7. The number of hydrogen-bond acceptors (Lipinski definition) is 6. The summed E-state index contributed by atoms with van der Waals surface area (Å²) in [6.07, 6.45) is 1.38. The van der Waals surface area contributed by atoms with E-state index in [4.69, 9.17) is 19.3 Å². The van der Waals surface area contributed by atoms with Gasteiger partial charge in [-0.2, -0.15) is 5.26 Å². The number of benzene rings is 2. The summed E-state index contributed by atoms with van der Waals surface area (Å²) in [6, 6.07) is 10.6. The van der Waals surface area contributed by atoms with Crippen molar-refractivity contribution in [2.45, 2.75) is 0 Å². The van der Waals surface area contributed by atoms with Crippen molar-refractivity contribution < 1.29 is 28.9 Å². The number of carboxylic acids is 1. The van der Waals surface area contributed by atoms with Crippen molar-refractivity contribution in [2.24, 2.45) is 0 Å². The van der Waals surface area contributed by atoms with Crippen LogP contribution in [0.15, 0.2) is 42.0 Å². The van der Waals surface area contributed by atoms with E-state index in [1.807, 2.05) is 6.07 Å². The maximum atomic E-state index is 12.4. The Balaban J connectivity index is 2.31. The third kappa shape index (κ3) is 4.59. The number of nitrogens with zero attached hydrogens (tertiary/aromatic N) is 1. The fraction of sp³-hybridized carbons (Fsp3) is 0.150. The number of carboxylic acid groups (broad SMARTS) is 1. The molecule has 0 saturated carbocycles. The smallest absolute Gasteiger partial charge is 0.335 e. The maximum Gasteiger partial charge on any atom is 0.335 e. The normalized spacial score (nSPS) is 10.6. The molecule has 144 valence electrons. The zero-order valence-corrected chi connectivity index (χ0v) is 15.5. The number of anilines is 1. The van der Waals surface area contributed by atoms with Crippen LogP contribution in [0.2, 0.25) is 0 Å². The molecule has 2 N–H and O–H groups in total. The summed E-state index contributed by atoms with van der Waals surface area (Å²) in [6.45, 7) is 0. The lowest BCUT2D eigenvalue weighted by Gasteiger charge is -2.13. The van der Waals surface area contributed by atoms with E-state index in [9.17, 15) is 14.9 Å². The number of nitrogens with one attached hydrogen (secondary N) is 1. The van der Waals surface area contributed by atoms with E-state index in [0.717, 1.165) is 0 Å².